The Balaban J connectivity index is 1.56. The van der Waals surface area contributed by atoms with Crippen LogP contribution in [0.4, 0.5) is 0 Å². The predicted molar refractivity (Wildman–Crippen MR) is 126 cm³/mol. The van der Waals surface area contributed by atoms with Crippen molar-refractivity contribution in [1.82, 2.24) is 10.6 Å². The third kappa shape index (κ3) is 7.19. The van der Waals surface area contributed by atoms with Crippen LogP contribution in [-0.4, -0.2) is 24.1 Å². The summed E-state index contributed by atoms with van der Waals surface area (Å²) in [6, 6.07) is 19.1. The fourth-order valence-electron chi connectivity index (χ4n) is 2.86. The van der Waals surface area contributed by atoms with Gasteiger partial charge in [0.25, 0.3) is 11.8 Å². The van der Waals surface area contributed by atoms with Crippen molar-refractivity contribution in [3.8, 4) is 0 Å². The lowest BCUT2D eigenvalue weighted by atomic mass is 10.1. The van der Waals surface area contributed by atoms with Gasteiger partial charge in [-0.05, 0) is 43.7 Å². The van der Waals surface area contributed by atoms with Gasteiger partial charge in [0.1, 0.15) is 11.5 Å². The molecule has 0 aliphatic heterocycles. The number of aryl methyl sites for hydroxylation is 2. The number of rotatable bonds is 9. The number of carbonyl (C=O) groups is 2. The number of nitrogens with one attached hydrogen (secondary N) is 2. The van der Waals surface area contributed by atoms with Gasteiger partial charge in [0.15, 0.2) is 0 Å². The molecule has 1 aromatic heterocycles. The Morgan fingerprint density at radius 2 is 1.81 bits per heavy atom. The van der Waals surface area contributed by atoms with Crippen molar-refractivity contribution in [3.05, 3.63) is 101 Å². The van der Waals surface area contributed by atoms with Crippen LogP contribution < -0.4 is 10.6 Å². The summed E-state index contributed by atoms with van der Waals surface area (Å²) in [5, 5.41) is 5.59. The van der Waals surface area contributed by atoms with E-state index >= 15 is 0 Å². The third-order valence-electron chi connectivity index (χ3n) is 4.52. The highest BCUT2D eigenvalue weighted by Gasteiger charge is 2.15. The van der Waals surface area contributed by atoms with Crippen molar-refractivity contribution in [2.75, 3.05) is 12.3 Å². The van der Waals surface area contributed by atoms with Gasteiger partial charge < -0.3 is 15.1 Å². The number of hydrogen-bond donors (Lipinski definition) is 2. The van der Waals surface area contributed by atoms with Crippen LogP contribution in [-0.2, 0) is 10.5 Å². The molecule has 0 aliphatic carbocycles. The van der Waals surface area contributed by atoms with E-state index in [1.165, 1.54) is 23.5 Å². The normalized spacial score (nSPS) is 11.2. The molecular weight excluding hydrogens is 408 g/mol. The molecule has 0 aliphatic rings. The van der Waals surface area contributed by atoms with E-state index in [-0.39, 0.29) is 17.5 Å². The standard InChI is InChI=1S/C25H26N2O3S/c1-18-8-10-20(11-9-18)17-31-14-12-26-25(29)23(16-22-7-4-13-30-22)27-24(28)21-6-3-5-19(2)15-21/h3-11,13,15-16H,12,14,17H2,1-2H3,(H,26,29)(H,27,28)/b23-16-. The number of hydrogen-bond acceptors (Lipinski definition) is 4. The summed E-state index contributed by atoms with van der Waals surface area (Å²) in [5.41, 5.74) is 4.10. The smallest absolute Gasteiger partial charge is 0.267 e. The molecule has 160 valence electrons. The summed E-state index contributed by atoms with van der Waals surface area (Å²) >= 11 is 1.74. The first-order valence-corrected chi connectivity index (χ1v) is 11.2. The van der Waals surface area contributed by atoms with Gasteiger partial charge in [-0.1, -0.05) is 47.5 Å². The molecule has 2 N–H and O–H groups in total. The maximum absolute atomic E-state index is 12.7. The van der Waals surface area contributed by atoms with Crippen molar-refractivity contribution in [3.63, 3.8) is 0 Å². The molecule has 0 radical (unpaired) electrons. The predicted octanol–water partition coefficient (Wildman–Crippen LogP) is 4.72. The molecule has 0 atom stereocenters. The highest BCUT2D eigenvalue weighted by atomic mass is 32.2. The van der Waals surface area contributed by atoms with Crippen molar-refractivity contribution in [2.45, 2.75) is 19.6 Å². The van der Waals surface area contributed by atoms with E-state index in [0.717, 1.165) is 17.1 Å². The summed E-state index contributed by atoms with van der Waals surface area (Å²) < 4.78 is 5.31. The van der Waals surface area contributed by atoms with Gasteiger partial charge in [-0.15, -0.1) is 0 Å². The van der Waals surface area contributed by atoms with Crippen LogP contribution in [0.1, 0.15) is 32.8 Å². The van der Waals surface area contributed by atoms with E-state index in [1.54, 1.807) is 36.0 Å². The maximum Gasteiger partial charge on any atom is 0.267 e. The molecule has 5 nitrogen and oxygen atoms in total. The average Bonchev–Trinajstić information content (AvgIpc) is 3.27. The molecule has 31 heavy (non-hydrogen) atoms. The minimum atomic E-state index is -0.353. The molecule has 1 heterocycles. The lowest BCUT2D eigenvalue weighted by Crippen LogP contribution is -2.35. The topological polar surface area (TPSA) is 71.3 Å². The van der Waals surface area contributed by atoms with Crippen LogP contribution in [0.5, 0.6) is 0 Å². The highest BCUT2D eigenvalue weighted by molar-refractivity contribution is 7.98. The lowest BCUT2D eigenvalue weighted by Gasteiger charge is -2.11. The quantitative estimate of drug-likeness (QED) is 0.378. The first-order chi connectivity index (χ1) is 15.0. The van der Waals surface area contributed by atoms with Gasteiger partial charge in [-0.3, -0.25) is 9.59 Å². The van der Waals surface area contributed by atoms with E-state index < -0.39 is 0 Å². The zero-order valence-electron chi connectivity index (χ0n) is 17.7. The van der Waals surface area contributed by atoms with E-state index in [2.05, 4.69) is 41.8 Å². The first kappa shape index (κ1) is 22.4. The van der Waals surface area contributed by atoms with Crippen LogP contribution in [0.15, 0.2) is 77.0 Å². The van der Waals surface area contributed by atoms with Crippen LogP contribution in [0.2, 0.25) is 0 Å². The zero-order chi connectivity index (χ0) is 22.1. The Morgan fingerprint density at radius 3 is 2.52 bits per heavy atom. The van der Waals surface area contributed by atoms with Gasteiger partial charge in [0, 0.05) is 29.7 Å². The van der Waals surface area contributed by atoms with E-state index in [0.29, 0.717) is 17.9 Å². The van der Waals surface area contributed by atoms with E-state index in [1.807, 2.05) is 19.1 Å². The van der Waals surface area contributed by atoms with Crippen LogP contribution >= 0.6 is 11.8 Å². The second-order valence-corrected chi connectivity index (χ2v) is 8.30. The first-order valence-electron chi connectivity index (χ1n) is 10.1. The number of benzene rings is 2. The van der Waals surface area contributed by atoms with Crippen LogP contribution in [0.25, 0.3) is 6.08 Å². The molecule has 0 fully saturated rings. The third-order valence-corrected chi connectivity index (χ3v) is 5.55. The minimum absolute atomic E-state index is 0.144. The fourth-order valence-corrected chi connectivity index (χ4v) is 3.68. The molecule has 0 saturated carbocycles. The van der Waals surface area contributed by atoms with Gasteiger partial charge in [0.05, 0.1) is 6.26 Å². The molecule has 3 aromatic rings. The molecule has 0 saturated heterocycles. The summed E-state index contributed by atoms with van der Waals surface area (Å²) in [4.78, 5) is 25.4. The van der Waals surface area contributed by atoms with Crippen LogP contribution in [0.3, 0.4) is 0 Å². The molecule has 3 rings (SSSR count). The number of carbonyl (C=O) groups excluding carboxylic acids is 2. The Labute approximate surface area is 186 Å². The fraction of sp³-hybridized carbons (Fsp3) is 0.200. The SMILES string of the molecule is Cc1ccc(CSCCNC(=O)/C(=C/c2ccco2)NC(=O)c2cccc(C)c2)cc1. The zero-order valence-corrected chi connectivity index (χ0v) is 18.5. The summed E-state index contributed by atoms with van der Waals surface area (Å²) in [7, 11) is 0. The van der Waals surface area contributed by atoms with E-state index in [9.17, 15) is 9.59 Å². The van der Waals surface area contributed by atoms with Crippen molar-refractivity contribution in [1.29, 1.82) is 0 Å². The summed E-state index contributed by atoms with van der Waals surface area (Å²) in [6.45, 7) is 4.47. The minimum Gasteiger partial charge on any atom is -0.465 e. The molecule has 6 heteroatoms. The molecule has 0 unspecified atom stereocenters. The van der Waals surface area contributed by atoms with Crippen LogP contribution in [0, 0.1) is 13.8 Å². The average molecular weight is 435 g/mol. The summed E-state index contributed by atoms with van der Waals surface area (Å²) in [5.74, 6) is 1.44. The Morgan fingerprint density at radius 1 is 1.00 bits per heavy atom. The molecule has 0 spiro atoms. The number of thioether (sulfide) groups is 1. The second-order valence-electron chi connectivity index (χ2n) is 7.19. The highest BCUT2D eigenvalue weighted by Crippen LogP contribution is 2.13. The maximum atomic E-state index is 12.7. The van der Waals surface area contributed by atoms with Gasteiger partial charge in [0.2, 0.25) is 0 Å². The second kappa shape index (κ2) is 11.2. The molecule has 0 bridgehead atoms. The van der Waals surface area contributed by atoms with Gasteiger partial charge >= 0.3 is 0 Å². The van der Waals surface area contributed by atoms with Gasteiger partial charge in [-0.25, -0.2) is 0 Å². The van der Waals surface area contributed by atoms with Gasteiger partial charge in [-0.2, -0.15) is 11.8 Å². The molecule has 2 aromatic carbocycles. The molecular formula is C25H26N2O3S. The summed E-state index contributed by atoms with van der Waals surface area (Å²) in [6.07, 6.45) is 3.05. The molecule has 2 amide bonds. The lowest BCUT2D eigenvalue weighted by molar-refractivity contribution is -0.117. The Bertz CT molecular complexity index is 1040. The Hall–Kier alpha value is -3.25. The monoisotopic (exact) mass is 434 g/mol. The largest absolute Gasteiger partial charge is 0.465 e. The van der Waals surface area contributed by atoms with E-state index in [4.69, 9.17) is 4.42 Å². The number of furan rings is 1. The Kier molecular flexibility index (Phi) is 8.12. The van der Waals surface area contributed by atoms with Crippen molar-refractivity contribution < 1.29 is 14.0 Å². The number of amides is 2. The van der Waals surface area contributed by atoms with Crippen molar-refractivity contribution in [2.24, 2.45) is 0 Å². The van der Waals surface area contributed by atoms with Crippen molar-refractivity contribution >= 4 is 29.7 Å².